The van der Waals surface area contributed by atoms with Gasteiger partial charge in [0, 0.05) is 12.0 Å². The van der Waals surface area contributed by atoms with E-state index >= 15 is 0 Å². The summed E-state index contributed by atoms with van der Waals surface area (Å²) in [7, 11) is -1.70. The Labute approximate surface area is 187 Å². The lowest BCUT2D eigenvalue weighted by Gasteiger charge is -2.32. The van der Waals surface area contributed by atoms with Crippen molar-refractivity contribution in [1.82, 2.24) is 4.67 Å². The van der Waals surface area contributed by atoms with Crippen LogP contribution in [0.15, 0.2) is 96.1 Å². The predicted molar refractivity (Wildman–Crippen MR) is 133 cm³/mol. The molecule has 4 heteroatoms. The van der Waals surface area contributed by atoms with E-state index in [2.05, 4.69) is 72.8 Å². The number of nitrogens with zero attached hydrogens (tertiary/aromatic N) is 2. The van der Waals surface area contributed by atoms with Crippen LogP contribution in [0.1, 0.15) is 40.7 Å². The van der Waals surface area contributed by atoms with Gasteiger partial charge in [0.15, 0.2) is 14.0 Å². The van der Waals surface area contributed by atoms with Gasteiger partial charge in [-0.05, 0) is 24.0 Å². The summed E-state index contributed by atoms with van der Waals surface area (Å²) in [6.45, 7) is 7.76. The zero-order valence-corrected chi connectivity index (χ0v) is 19.8. The van der Waals surface area contributed by atoms with Gasteiger partial charge in [-0.2, -0.15) is 5.10 Å². The highest BCUT2D eigenvalue weighted by atomic mass is 28.3. The molecule has 0 saturated heterocycles. The van der Waals surface area contributed by atoms with Crippen LogP contribution in [-0.4, -0.2) is 24.4 Å². The van der Waals surface area contributed by atoms with E-state index in [0.717, 1.165) is 36.2 Å². The van der Waals surface area contributed by atoms with Gasteiger partial charge in [0.05, 0.1) is 12.3 Å². The second kappa shape index (κ2) is 10.9. The van der Waals surface area contributed by atoms with Crippen LogP contribution in [0.5, 0.6) is 0 Å². The van der Waals surface area contributed by atoms with Crippen molar-refractivity contribution in [3.8, 4) is 0 Å². The fraction of sp³-hybridized carbons (Fsp3) is 0.259. The van der Waals surface area contributed by atoms with Gasteiger partial charge >= 0.3 is 0 Å². The molecule has 0 aromatic heterocycles. The van der Waals surface area contributed by atoms with E-state index in [-0.39, 0.29) is 5.78 Å². The Morgan fingerprint density at radius 3 is 1.81 bits per heavy atom. The molecule has 0 radical (unpaired) electrons. The maximum Gasteiger partial charge on any atom is 0.169 e. The molecule has 3 nitrogen and oxygen atoms in total. The third-order valence-corrected chi connectivity index (χ3v) is 7.02. The van der Waals surface area contributed by atoms with Gasteiger partial charge in [-0.25, -0.2) is 0 Å². The first-order valence-corrected chi connectivity index (χ1v) is 14.4. The van der Waals surface area contributed by atoms with Crippen molar-refractivity contribution in [3.05, 3.63) is 108 Å². The average Bonchev–Trinajstić information content (AvgIpc) is 2.79. The lowest BCUT2D eigenvalue weighted by molar-refractivity contribution is 0.0981. The van der Waals surface area contributed by atoms with Crippen LogP contribution >= 0.6 is 0 Å². The summed E-state index contributed by atoms with van der Waals surface area (Å²) in [6, 6.07) is 30.4. The Bertz CT molecular complexity index is 980. The summed E-state index contributed by atoms with van der Waals surface area (Å²) >= 11 is 0. The summed E-state index contributed by atoms with van der Waals surface area (Å²) in [6.07, 6.45) is 2.09. The molecule has 0 N–H and O–H groups in total. The minimum atomic E-state index is -1.70. The van der Waals surface area contributed by atoms with Crippen LogP contribution in [0.2, 0.25) is 19.6 Å². The van der Waals surface area contributed by atoms with Gasteiger partial charge in [0.25, 0.3) is 0 Å². The summed E-state index contributed by atoms with van der Waals surface area (Å²) in [5.74, 6) is 0.194. The summed E-state index contributed by atoms with van der Waals surface area (Å²) in [5.41, 5.74) is 4.24. The molecule has 0 aliphatic rings. The van der Waals surface area contributed by atoms with Crippen molar-refractivity contribution >= 4 is 19.7 Å². The van der Waals surface area contributed by atoms with Crippen LogP contribution in [0.4, 0.5) is 0 Å². The van der Waals surface area contributed by atoms with E-state index in [1.54, 1.807) is 0 Å². The largest absolute Gasteiger partial charge is 0.320 e. The van der Waals surface area contributed by atoms with Gasteiger partial charge in [-0.3, -0.25) is 4.79 Å². The number of rotatable bonds is 10. The Morgan fingerprint density at radius 1 is 0.742 bits per heavy atom. The van der Waals surface area contributed by atoms with Crippen molar-refractivity contribution in [2.75, 3.05) is 0 Å². The topological polar surface area (TPSA) is 32.7 Å². The first-order valence-electron chi connectivity index (χ1n) is 11.0. The van der Waals surface area contributed by atoms with Crippen molar-refractivity contribution in [2.24, 2.45) is 5.10 Å². The minimum Gasteiger partial charge on any atom is -0.320 e. The van der Waals surface area contributed by atoms with Crippen LogP contribution in [0.25, 0.3) is 0 Å². The first kappa shape index (κ1) is 22.7. The Hall–Kier alpha value is -2.98. The van der Waals surface area contributed by atoms with Crippen molar-refractivity contribution < 1.29 is 4.79 Å². The molecule has 0 spiro atoms. The van der Waals surface area contributed by atoms with Crippen LogP contribution in [0, 0.1) is 0 Å². The summed E-state index contributed by atoms with van der Waals surface area (Å²) in [4.78, 5) is 12.5. The van der Waals surface area contributed by atoms with Gasteiger partial charge in [-0.1, -0.05) is 111 Å². The predicted octanol–water partition coefficient (Wildman–Crippen LogP) is 6.78. The summed E-state index contributed by atoms with van der Waals surface area (Å²) < 4.78 is 2.30. The monoisotopic (exact) mass is 428 g/mol. The molecule has 0 heterocycles. The van der Waals surface area contributed by atoms with Gasteiger partial charge in [0.2, 0.25) is 0 Å². The smallest absolute Gasteiger partial charge is 0.169 e. The Balaban J connectivity index is 1.79. The fourth-order valence-corrected chi connectivity index (χ4v) is 4.47. The molecule has 3 aromatic carbocycles. The molecule has 0 fully saturated rings. The number of carbonyl (C=O) groups excluding carboxylic acids is 1. The maximum atomic E-state index is 12.5. The number of hydrogen-bond donors (Lipinski definition) is 0. The SMILES string of the molecule is C[Si](C)(C)N(Cc1ccccc1)N=C(CCCC(=O)c1ccccc1)c1ccccc1. The standard InChI is InChI=1S/C27H32N2OSi/c1-31(2,3)29(22-23-14-7-4-8-15-23)28-26(24-16-9-5-10-17-24)20-13-21-27(30)25-18-11-6-12-19-25/h4-12,14-19H,13,20-22H2,1-3H3. The van der Waals surface area contributed by atoms with E-state index in [0.29, 0.717) is 6.42 Å². The second-order valence-corrected chi connectivity index (χ2v) is 13.6. The number of hydrogen-bond acceptors (Lipinski definition) is 3. The molecule has 0 unspecified atom stereocenters. The number of carbonyl (C=O) groups is 1. The van der Waals surface area contributed by atoms with E-state index in [9.17, 15) is 4.79 Å². The van der Waals surface area contributed by atoms with Crippen molar-refractivity contribution in [2.45, 2.75) is 45.4 Å². The van der Waals surface area contributed by atoms with Gasteiger partial charge < -0.3 is 4.67 Å². The number of ketones is 1. The highest BCUT2D eigenvalue weighted by molar-refractivity contribution is 6.73. The normalized spacial score (nSPS) is 11.9. The van der Waals surface area contributed by atoms with Crippen molar-refractivity contribution in [1.29, 1.82) is 0 Å². The average molecular weight is 429 g/mol. The molecule has 160 valence electrons. The van der Waals surface area contributed by atoms with E-state index in [4.69, 9.17) is 5.10 Å². The second-order valence-electron chi connectivity index (χ2n) is 8.77. The van der Waals surface area contributed by atoms with Gasteiger partial charge in [0.1, 0.15) is 0 Å². The Kier molecular flexibility index (Phi) is 7.96. The van der Waals surface area contributed by atoms with Crippen LogP contribution < -0.4 is 0 Å². The first-order chi connectivity index (χ1) is 14.9. The highest BCUT2D eigenvalue weighted by Gasteiger charge is 2.24. The molecule has 3 rings (SSSR count). The molecule has 3 aromatic rings. The molecular formula is C27H32N2OSi. The molecule has 0 saturated carbocycles. The molecule has 0 aliphatic carbocycles. The quantitative estimate of drug-likeness (QED) is 0.154. The third kappa shape index (κ3) is 7.04. The fourth-order valence-electron chi connectivity index (χ4n) is 3.39. The summed E-state index contributed by atoms with van der Waals surface area (Å²) in [5, 5.41) is 5.18. The molecule has 31 heavy (non-hydrogen) atoms. The lowest BCUT2D eigenvalue weighted by atomic mass is 10.0. The Morgan fingerprint density at radius 2 is 1.26 bits per heavy atom. The van der Waals surface area contributed by atoms with Crippen LogP contribution in [-0.2, 0) is 6.54 Å². The lowest BCUT2D eigenvalue weighted by Crippen LogP contribution is -2.42. The zero-order chi connectivity index (χ0) is 22.1. The molecule has 0 atom stereocenters. The van der Waals surface area contributed by atoms with Crippen molar-refractivity contribution in [3.63, 3.8) is 0 Å². The van der Waals surface area contributed by atoms with Gasteiger partial charge in [-0.15, -0.1) is 0 Å². The third-order valence-electron chi connectivity index (χ3n) is 5.21. The number of hydrazone groups is 1. The number of benzene rings is 3. The zero-order valence-electron chi connectivity index (χ0n) is 18.8. The molecule has 0 bridgehead atoms. The number of Topliss-reactive ketones (excluding diaryl/α,β-unsaturated/α-hetero) is 1. The van der Waals surface area contributed by atoms with E-state index in [1.807, 2.05) is 42.5 Å². The minimum absolute atomic E-state index is 0.194. The van der Waals surface area contributed by atoms with Crippen LogP contribution in [0.3, 0.4) is 0 Å². The molecule has 0 aliphatic heterocycles. The molecule has 0 amide bonds. The van der Waals surface area contributed by atoms with E-state index < -0.39 is 8.24 Å². The maximum absolute atomic E-state index is 12.5. The molecular weight excluding hydrogens is 396 g/mol. The van der Waals surface area contributed by atoms with E-state index in [1.165, 1.54) is 5.56 Å². The highest BCUT2D eigenvalue weighted by Crippen LogP contribution is 2.19.